The Morgan fingerprint density at radius 3 is 2.83 bits per heavy atom. The van der Waals surface area contributed by atoms with Crippen LogP contribution < -0.4 is 10.5 Å². The van der Waals surface area contributed by atoms with Crippen LogP contribution >= 0.6 is 0 Å². The van der Waals surface area contributed by atoms with E-state index in [2.05, 4.69) is 9.71 Å². The molecule has 1 aliphatic rings. The van der Waals surface area contributed by atoms with Crippen LogP contribution in [0.4, 0.5) is 5.82 Å². The van der Waals surface area contributed by atoms with Crippen LogP contribution in [-0.2, 0) is 21.8 Å². The van der Waals surface area contributed by atoms with Gasteiger partial charge in [-0.2, -0.15) is 0 Å². The van der Waals surface area contributed by atoms with E-state index < -0.39 is 10.0 Å². The van der Waals surface area contributed by atoms with Gasteiger partial charge in [0.1, 0.15) is 0 Å². The first-order valence-corrected chi connectivity index (χ1v) is 7.26. The van der Waals surface area contributed by atoms with Crippen LogP contribution in [0.3, 0.4) is 0 Å². The normalized spacial score (nSPS) is 24.6. The van der Waals surface area contributed by atoms with E-state index in [4.69, 9.17) is 10.5 Å². The fourth-order valence-electron chi connectivity index (χ4n) is 2.36. The number of rotatable bonds is 4. The first-order chi connectivity index (χ1) is 8.45. The van der Waals surface area contributed by atoms with Gasteiger partial charge in [-0.1, -0.05) is 0 Å². The number of aryl methyl sites for hydroxylation is 1. The van der Waals surface area contributed by atoms with E-state index >= 15 is 0 Å². The van der Waals surface area contributed by atoms with Crippen molar-refractivity contribution in [2.75, 3.05) is 12.8 Å². The highest BCUT2D eigenvalue weighted by molar-refractivity contribution is 7.89. The molecule has 0 spiro atoms. The van der Waals surface area contributed by atoms with Crippen molar-refractivity contribution < 1.29 is 13.2 Å². The van der Waals surface area contributed by atoms with E-state index in [-0.39, 0.29) is 23.0 Å². The number of methoxy groups -OCH3 is 1. The van der Waals surface area contributed by atoms with Crippen LogP contribution in [0.1, 0.15) is 19.3 Å². The monoisotopic (exact) mass is 274 g/mol. The lowest BCUT2D eigenvalue weighted by atomic mass is 10.2. The second kappa shape index (κ2) is 4.87. The van der Waals surface area contributed by atoms with Gasteiger partial charge in [0.05, 0.1) is 12.4 Å². The zero-order valence-electron chi connectivity index (χ0n) is 10.5. The Morgan fingerprint density at radius 2 is 2.28 bits per heavy atom. The van der Waals surface area contributed by atoms with Gasteiger partial charge in [0.2, 0.25) is 0 Å². The van der Waals surface area contributed by atoms with Crippen LogP contribution in [0.2, 0.25) is 0 Å². The average molecular weight is 274 g/mol. The molecule has 1 aliphatic carbocycles. The van der Waals surface area contributed by atoms with E-state index in [9.17, 15) is 8.42 Å². The Morgan fingerprint density at radius 1 is 1.56 bits per heavy atom. The Labute approximate surface area is 106 Å². The predicted octanol–water partition coefficient (Wildman–Crippen LogP) is -0.152. The standard InChI is InChI=1S/C10H18N4O3S/c1-14-6-12-9(11)10(14)18(15,16)13-7-4-3-5-8(7)17-2/h6-8,13H,3-5,11H2,1-2H3. The van der Waals surface area contributed by atoms with Gasteiger partial charge in [-0.25, -0.2) is 18.1 Å². The van der Waals surface area contributed by atoms with Crippen LogP contribution in [0.25, 0.3) is 0 Å². The minimum atomic E-state index is -3.66. The van der Waals surface area contributed by atoms with Gasteiger partial charge in [-0.3, -0.25) is 0 Å². The zero-order valence-corrected chi connectivity index (χ0v) is 11.3. The third kappa shape index (κ3) is 2.36. The Balaban J connectivity index is 2.23. The molecule has 1 aromatic heterocycles. The molecular weight excluding hydrogens is 256 g/mol. The molecule has 0 aromatic carbocycles. The molecule has 0 aliphatic heterocycles. The minimum Gasteiger partial charge on any atom is -0.381 e. The summed E-state index contributed by atoms with van der Waals surface area (Å²) in [5.41, 5.74) is 5.59. The molecule has 0 amide bonds. The molecule has 1 heterocycles. The quantitative estimate of drug-likeness (QED) is 0.795. The van der Waals surface area contributed by atoms with Crippen molar-refractivity contribution in [3.8, 4) is 0 Å². The van der Waals surface area contributed by atoms with Crippen LogP contribution in [0.15, 0.2) is 11.4 Å². The number of imidazole rings is 1. The molecule has 3 N–H and O–H groups in total. The minimum absolute atomic E-state index is 0.00394. The number of nitrogens with zero attached hydrogens (tertiary/aromatic N) is 2. The molecular formula is C10H18N4O3S. The third-order valence-corrected chi connectivity index (χ3v) is 4.85. The van der Waals surface area contributed by atoms with E-state index in [0.29, 0.717) is 0 Å². The summed E-state index contributed by atoms with van der Waals surface area (Å²) in [6.07, 6.45) is 3.90. The molecule has 0 bridgehead atoms. The molecule has 0 radical (unpaired) electrons. The fraction of sp³-hybridized carbons (Fsp3) is 0.700. The number of nitrogen functional groups attached to an aromatic ring is 1. The Kier molecular flexibility index (Phi) is 3.60. The van der Waals surface area contributed by atoms with E-state index in [1.165, 1.54) is 10.9 Å². The summed E-state index contributed by atoms with van der Waals surface area (Å²) >= 11 is 0. The molecule has 2 atom stereocenters. The SMILES string of the molecule is COC1CCCC1NS(=O)(=O)c1c(N)ncn1C. The summed E-state index contributed by atoms with van der Waals surface area (Å²) in [4.78, 5) is 3.79. The zero-order chi connectivity index (χ0) is 13.3. The lowest BCUT2D eigenvalue weighted by Gasteiger charge is -2.19. The third-order valence-electron chi connectivity index (χ3n) is 3.23. The van der Waals surface area contributed by atoms with Gasteiger partial charge >= 0.3 is 0 Å². The van der Waals surface area contributed by atoms with Crippen molar-refractivity contribution in [3.63, 3.8) is 0 Å². The van der Waals surface area contributed by atoms with Gasteiger partial charge in [0.25, 0.3) is 10.0 Å². The molecule has 1 aromatic rings. The fourth-order valence-corrected chi connectivity index (χ4v) is 3.90. The van der Waals surface area contributed by atoms with Crippen LogP contribution in [0.5, 0.6) is 0 Å². The van der Waals surface area contributed by atoms with E-state index in [1.54, 1.807) is 14.2 Å². The lowest BCUT2D eigenvalue weighted by molar-refractivity contribution is 0.0916. The number of nitrogens with two attached hydrogens (primary N) is 1. The number of nitrogens with one attached hydrogen (secondary N) is 1. The highest BCUT2D eigenvalue weighted by Crippen LogP contribution is 2.24. The Hall–Kier alpha value is -1.12. The molecule has 2 rings (SSSR count). The molecule has 7 nitrogen and oxygen atoms in total. The molecule has 18 heavy (non-hydrogen) atoms. The Bertz CT molecular complexity index is 506. The molecule has 102 valence electrons. The molecule has 1 saturated carbocycles. The molecule has 8 heteroatoms. The number of sulfonamides is 1. The van der Waals surface area contributed by atoms with E-state index in [1.807, 2.05) is 0 Å². The number of aromatic nitrogens is 2. The summed E-state index contributed by atoms with van der Waals surface area (Å²) in [6.45, 7) is 0. The van der Waals surface area contributed by atoms with Crippen molar-refractivity contribution in [3.05, 3.63) is 6.33 Å². The van der Waals surface area contributed by atoms with Gasteiger partial charge < -0.3 is 15.0 Å². The molecule has 0 saturated heterocycles. The van der Waals surface area contributed by atoms with E-state index in [0.717, 1.165) is 19.3 Å². The van der Waals surface area contributed by atoms with Gasteiger partial charge in [0.15, 0.2) is 10.8 Å². The summed E-state index contributed by atoms with van der Waals surface area (Å²) in [5.74, 6) is 0.0111. The number of ether oxygens (including phenoxy) is 1. The van der Waals surface area contributed by atoms with Crippen molar-refractivity contribution in [2.24, 2.45) is 7.05 Å². The van der Waals surface area contributed by atoms with Crippen molar-refractivity contribution >= 4 is 15.8 Å². The van der Waals surface area contributed by atoms with Gasteiger partial charge in [0, 0.05) is 20.2 Å². The average Bonchev–Trinajstić information content (AvgIpc) is 2.85. The lowest BCUT2D eigenvalue weighted by Crippen LogP contribution is -2.41. The topological polar surface area (TPSA) is 99.2 Å². The first-order valence-electron chi connectivity index (χ1n) is 5.77. The summed E-state index contributed by atoms with van der Waals surface area (Å²) in [7, 11) is -0.469. The number of anilines is 1. The maximum absolute atomic E-state index is 12.2. The smallest absolute Gasteiger partial charge is 0.260 e. The first kappa shape index (κ1) is 13.3. The highest BCUT2D eigenvalue weighted by atomic mass is 32.2. The van der Waals surface area contributed by atoms with Crippen LogP contribution in [0, 0.1) is 0 Å². The summed E-state index contributed by atoms with van der Waals surface area (Å²) in [5, 5.41) is 0.00394. The largest absolute Gasteiger partial charge is 0.381 e. The number of hydrogen-bond acceptors (Lipinski definition) is 5. The second-order valence-electron chi connectivity index (χ2n) is 4.48. The maximum atomic E-state index is 12.2. The number of hydrogen-bond donors (Lipinski definition) is 2. The van der Waals surface area contributed by atoms with Crippen LogP contribution in [-0.4, -0.2) is 37.2 Å². The summed E-state index contributed by atoms with van der Waals surface area (Å²) < 4.78 is 33.8. The summed E-state index contributed by atoms with van der Waals surface area (Å²) in [6, 6.07) is -0.200. The maximum Gasteiger partial charge on any atom is 0.260 e. The van der Waals surface area contributed by atoms with Gasteiger partial charge in [-0.05, 0) is 19.3 Å². The molecule has 2 unspecified atom stereocenters. The second-order valence-corrected chi connectivity index (χ2v) is 6.11. The predicted molar refractivity (Wildman–Crippen MR) is 66.4 cm³/mol. The van der Waals surface area contributed by atoms with Crippen molar-refractivity contribution in [1.29, 1.82) is 0 Å². The van der Waals surface area contributed by atoms with Gasteiger partial charge in [-0.15, -0.1) is 0 Å². The van der Waals surface area contributed by atoms with Crippen molar-refractivity contribution in [1.82, 2.24) is 14.3 Å². The van der Waals surface area contributed by atoms with Crippen molar-refractivity contribution in [2.45, 2.75) is 36.4 Å². The highest BCUT2D eigenvalue weighted by Gasteiger charge is 2.33. The molecule has 1 fully saturated rings.